The van der Waals surface area contributed by atoms with Gasteiger partial charge in [-0.2, -0.15) is 0 Å². The van der Waals surface area contributed by atoms with Crippen molar-refractivity contribution in [3.05, 3.63) is 41.4 Å². The van der Waals surface area contributed by atoms with Crippen molar-refractivity contribution in [3.63, 3.8) is 0 Å². The van der Waals surface area contributed by atoms with Crippen LogP contribution in [0.2, 0.25) is 5.02 Å². The Balaban J connectivity index is 1.35. The van der Waals surface area contributed by atoms with Gasteiger partial charge < -0.3 is 20.1 Å². The normalized spacial score (nSPS) is 15.3. The first-order valence-electron chi connectivity index (χ1n) is 11.3. The molecule has 1 fully saturated rings. The number of aliphatic imine (C=N–C) groups is 1. The second-order valence-electron chi connectivity index (χ2n) is 7.64. The van der Waals surface area contributed by atoms with E-state index in [-0.39, 0.29) is 0 Å². The molecule has 9 heteroatoms. The van der Waals surface area contributed by atoms with Crippen LogP contribution in [0.25, 0.3) is 0 Å². The molecule has 0 radical (unpaired) electrons. The van der Waals surface area contributed by atoms with Crippen molar-refractivity contribution in [2.45, 2.75) is 33.2 Å². The van der Waals surface area contributed by atoms with Gasteiger partial charge in [-0.1, -0.05) is 24.6 Å². The number of hydrogen-bond donors (Lipinski definition) is 2. The fourth-order valence-corrected chi connectivity index (χ4v) is 3.95. The number of nitrogens with one attached hydrogen (secondary N) is 2. The largest absolute Gasteiger partial charge is 0.369 e. The highest BCUT2D eigenvalue weighted by molar-refractivity contribution is 6.30. The van der Waals surface area contributed by atoms with E-state index in [1.54, 1.807) is 6.33 Å². The maximum Gasteiger partial charge on any atom is 0.191 e. The molecule has 3 rings (SSSR count). The molecule has 31 heavy (non-hydrogen) atoms. The van der Waals surface area contributed by atoms with Crippen LogP contribution in [0.15, 0.2) is 35.6 Å². The van der Waals surface area contributed by atoms with Gasteiger partial charge in [0, 0.05) is 76.0 Å². The van der Waals surface area contributed by atoms with E-state index in [9.17, 15) is 0 Å². The van der Waals surface area contributed by atoms with Gasteiger partial charge in [-0.05, 0) is 31.5 Å². The molecule has 0 saturated carbocycles. The molecule has 0 amide bonds. The predicted octanol–water partition coefficient (Wildman–Crippen LogP) is 2.26. The summed E-state index contributed by atoms with van der Waals surface area (Å²) in [5.41, 5.74) is 1.22. The van der Waals surface area contributed by atoms with Crippen molar-refractivity contribution < 1.29 is 0 Å². The van der Waals surface area contributed by atoms with Crippen LogP contribution in [0.1, 0.15) is 26.1 Å². The van der Waals surface area contributed by atoms with Crippen LogP contribution in [0.5, 0.6) is 0 Å². The minimum atomic E-state index is 0.794. The number of piperazine rings is 1. The quantitative estimate of drug-likeness (QED) is 0.331. The van der Waals surface area contributed by atoms with Gasteiger partial charge >= 0.3 is 0 Å². The highest BCUT2D eigenvalue weighted by Gasteiger charge is 2.16. The van der Waals surface area contributed by atoms with Gasteiger partial charge in [-0.15, -0.1) is 10.2 Å². The molecule has 1 aromatic carbocycles. The van der Waals surface area contributed by atoms with Crippen LogP contribution in [0, 0.1) is 0 Å². The lowest BCUT2D eigenvalue weighted by Crippen LogP contribution is -2.46. The molecule has 0 spiro atoms. The maximum atomic E-state index is 6.13. The van der Waals surface area contributed by atoms with E-state index in [0.29, 0.717) is 0 Å². The smallest absolute Gasteiger partial charge is 0.191 e. The number of anilines is 1. The number of aromatic nitrogens is 3. The van der Waals surface area contributed by atoms with E-state index in [2.05, 4.69) is 55.1 Å². The number of rotatable bonds is 10. The van der Waals surface area contributed by atoms with Crippen LogP contribution >= 0.6 is 11.6 Å². The van der Waals surface area contributed by atoms with Crippen molar-refractivity contribution in [2.75, 3.05) is 57.3 Å². The van der Waals surface area contributed by atoms with Gasteiger partial charge in [0.05, 0.1) is 0 Å². The lowest BCUT2D eigenvalue weighted by molar-refractivity contribution is 0.256. The van der Waals surface area contributed by atoms with Gasteiger partial charge in [0.1, 0.15) is 12.2 Å². The lowest BCUT2D eigenvalue weighted by atomic mass is 10.2. The second-order valence-corrected chi connectivity index (χ2v) is 8.08. The van der Waals surface area contributed by atoms with Gasteiger partial charge in [-0.3, -0.25) is 9.89 Å². The van der Waals surface area contributed by atoms with Crippen LogP contribution in [-0.2, 0) is 13.0 Å². The summed E-state index contributed by atoms with van der Waals surface area (Å²) in [5, 5.41) is 15.6. The van der Waals surface area contributed by atoms with Crippen molar-refractivity contribution in [2.24, 2.45) is 4.99 Å². The predicted molar refractivity (Wildman–Crippen MR) is 128 cm³/mol. The molecule has 0 bridgehead atoms. The highest BCUT2D eigenvalue weighted by Crippen LogP contribution is 2.20. The average molecular weight is 447 g/mol. The summed E-state index contributed by atoms with van der Waals surface area (Å²) in [6.45, 7) is 12.8. The fraction of sp³-hybridized carbons (Fsp3) is 0.591. The van der Waals surface area contributed by atoms with Gasteiger partial charge in [0.15, 0.2) is 5.96 Å². The SMILES string of the molecule is CCNC(=NCCCN1CCN(c2cccc(Cl)c2)CC1)NCCn1cnnc1CC. The molecule has 1 aromatic heterocycles. The summed E-state index contributed by atoms with van der Waals surface area (Å²) in [5.74, 6) is 1.89. The lowest BCUT2D eigenvalue weighted by Gasteiger charge is -2.36. The minimum Gasteiger partial charge on any atom is -0.369 e. The topological polar surface area (TPSA) is 73.6 Å². The van der Waals surface area contributed by atoms with Crippen molar-refractivity contribution in [3.8, 4) is 0 Å². The standard InChI is InChI=1S/C22H35ClN8/c1-3-21-28-27-18-31(21)12-10-26-22(24-4-2)25-9-6-11-29-13-15-30(16-14-29)20-8-5-7-19(23)17-20/h5,7-8,17-18H,3-4,6,9-16H2,1-2H3,(H2,24,25,26). The molecule has 2 aromatic rings. The van der Waals surface area contributed by atoms with E-state index in [0.717, 1.165) is 88.6 Å². The Morgan fingerprint density at radius 1 is 1.13 bits per heavy atom. The first-order chi connectivity index (χ1) is 15.2. The molecule has 1 aliphatic rings. The van der Waals surface area contributed by atoms with Gasteiger partial charge in [0.25, 0.3) is 0 Å². The van der Waals surface area contributed by atoms with Crippen LogP contribution in [0.4, 0.5) is 5.69 Å². The number of guanidine groups is 1. The summed E-state index contributed by atoms with van der Waals surface area (Å²) in [6, 6.07) is 8.13. The molecule has 1 aliphatic heterocycles. The molecule has 2 heterocycles. The van der Waals surface area contributed by atoms with Gasteiger partial charge in [-0.25, -0.2) is 0 Å². The Morgan fingerprint density at radius 2 is 1.97 bits per heavy atom. The van der Waals surface area contributed by atoms with E-state index in [4.69, 9.17) is 16.6 Å². The number of hydrogen-bond acceptors (Lipinski definition) is 5. The molecular formula is C22H35ClN8. The zero-order valence-corrected chi connectivity index (χ0v) is 19.5. The third-order valence-electron chi connectivity index (χ3n) is 5.45. The summed E-state index contributed by atoms with van der Waals surface area (Å²) in [4.78, 5) is 9.67. The fourth-order valence-electron chi connectivity index (χ4n) is 3.76. The highest BCUT2D eigenvalue weighted by atomic mass is 35.5. The average Bonchev–Trinajstić information content (AvgIpc) is 3.24. The zero-order valence-electron chi connectivity index (χ0n) is 18.7. The Morgan fingerprint density at radius 3 is 2.71 bits per heavy atom. The van der Waals surface area contributed by atoms with E-state index in [1.807, 2.05) is 18.2 Å². The number of benzene rings is 1. The Hall–Kier alpha value is -2.32. The summed E-state index contributed by atoms with van der Waals surface area (Å²) < 4.78 is 2.08. The van der Waals surface area contributed by atoms with Crippen molar-refractivity contribution in [1.82, 2.24) is 30.3 Å². The Kier molecular flexibility index (Phi) is 9.42. The van der Waals surface area contributed by atoms with Gasteiger partial charge in [0.2, 0.25) is 0 Å². The molecule has 0 unspecified atom stereocenters. The number of halogens is 1. The van der Waals surface area contributed by atoms with Crippen LogP contribution in [-0.4, -0.2) is 78.0 Å². The monoisotopic (exact) mass is 446 g/mol. The van der Waals surface area contributed by atoms with Crippen molar-refractivity contribution >= 4 is 23.2 Å². The second kappa shape index (κ2) is 12.5. The van der Waals surface area contributed by atoms with E-state index >= 15 is 0 Å². The van der Waals surface area contributed by atoms with Crippen LogP contribution in [0.3, 0.4) is 0 Å². The first kappa shape index (κ1) is 23.3. The number of nitrogens with zero attached hydrogens (tertiary/aromatic N) is 6. The van der Waals surface area contributed by atoms with Crippen molar-refractivity contribution in [1.29, 1.82) is 0 Å². The minimum absolute atomic E-state index is 0.794. The molecule has 8 nitrogen and oxygen atoms in total. The number of aryl methyl sites for hydroxylation is 1. The molecular weight excluding hydrogens is 412 g/mol. The molecule has 0 aliphatic carbocycles. The molecule has 170 valence electrons. The zero-order chi connectivity index (χ0) is 21.9. The van der Waals surface area contributed by atoms with E-state index in [1.165, 1.54) is 5.69 Å². The Labute approximate surface area is 190 Å². The first-order valence-corrected chi connectivity index (χ1v) is 11.7. The van der Waals surface area contributed by atoms with Crippen LogP contribution < -0.4 is 15.5 Å². The summed E-state index contributed by atoms with van der Waals surface area (Å²) in [6.07, 6.45) is 3.73. The molecule has 0 atom stereocenters. The summed E-state index contributed by atoms with van der Waals surface area (Å²) in [7, 11) is 0. The van der Waals surface area contributed by atoms with E-state index < -0.39 is 0 Å². The molecule has 2 N–H and O–H groups in total. The maximum absolute atomic E-state index is 6.13. The third kappa shape index (κ3) is 7.40. The molecule has 1 saturated heterocycles. The third-order valence-corrected chi connectivity index (χ3v) is 5.68. The summed E-state index contributed by atoms with van der Waals surface area (Å²) >= 11 is 6.13. The Bertz CT molecular complexity index is 813.